The SMILES string of the molecule is C=C/C(C)=C1/C=C(c2ccc(OCc3c(-c4c(Cl)cccc4Cl)noc3C(C)C)cc2)C=CC1=NC. The van der Waals surface area contributed by atoms with Gasteiger partial charge >= 0.3 is 0 Å². The summed E-state index contributed by atoms with van der Waals surface area (Å²) in [7, 11) is 1.80. The number of benzene rings is 2. The van der Waals surface area contributed by atoms with Crippen LogP contribution in [0.3, 0.4) is 0 Å². The number of aromatic nitrogens is 1. The van der Waals surface area contributed by atoms with Crippen LogP contribution >= 0.6 is 23.2 Å². The fraction of sp³-hybridized carbons (Fsp3) is 0.200. The molecule has 0 saturated carbocycles. The molecule has 4 nitrogen and oxygen atoms in total. The van der Waals surface area contributed by atoms with Gasteiger partial charge in [0.2, 0.25) is 0 Å². The van der Waals surface area contributed by atoms with E-state index in [0.29, 0.717) is 21.3 Å². The van der Waals surface area contributed by atoms with Gasteiger partial charge in [-0.3, -0.25) is 4.99 Å². The Labute approximate surface area is 222 Å². The molecule has 0 N–H and O–H groups in total. The van der Waals surface area contributed by atoms with Crippen molar-refractivity contribution in [1.29, 1.82) is 0 Å². The van der Waals surface area contributed by atoms with E-state index in [2.05, 4.69) is 28.9 Å². The lowest BCUT2D eigenvalue weighted by molar-refractivity contribution is 0.298. The predicted molar refractivity (Wildman–Crippen MR) is 150 cm³/mol. The highest BCUT2D eigenvalue weighted by Crippen LogP contribution is 2.39. The summed E-state index contributed by atoms with van der Waals surface area (Å²) < 4.78 is 11.9. The minimum absolute atomic E-state index is 0.122. The number of hydrogen-bond acceptors (Lipinski definition) is 4. The maximum atomic E-state index is 6.46. The fourth-order valence-corrected chi connectivity index (χ4v) is 4.65. The molecular formula is C30H28Cl2N2O2. The van der Waals surface area contributed by atoms with Crippen molar-refractivity contribution in [3.63, 3.8) is 0 Å². The first-order valence-corrected chi connectivity index (χ1v) is 12.5. The van der Waals surface area contributed by atoms with E-state index in [1.54, 1.807) is 25.2 Å². The molecule has 0 aliphatic heterocycles. The Hall–Kier alpha value is -3.34. The van der Waals surface area contributed by atoms with Gasteiger partial charge in [-0.05, 0) is 60.1 Å². The van der Waals surface area contributed by atoms with Crippen LogP contribution in [0.15, 0.2) is 94.0 Å². The highest BCUT2D eigenvalue weighted by molar-refractivity contribution is 6.39. The third kappa shape index (κ3) is 5.25. The van der Waals surface area contributed by atoms with Gasteiger partial charge in [-0.25, -0.2) is 0 Å². The molecule has 0 amide bonds. The third-order valence-corrected chi connectivity index (χ3v) is 6.71. The molecule has 4 rings (SSSR count). The highest BCUT2D eigenvalue weighted by atomic mass is 35.5. The summed E-state index contributed by atoms with van der Waals surface area (Å²) >= 11 is 12.9. The van der Waals surface area contributed by atoms with Crippen molar-refractivity contribution >= 4 is 34.5 Å². The normalized spacial score (nSPS) is 15.9. The number of ether oxygens (including phenoxy) is 1. The first-order chi connectivity index (χ1) is 17.3. The molecule has 1 heterocycles. The Morgan fingerprint density at radius 2 is 1.81 bits per heavy atom. The monoisotopic (exact) mass is 518 g/mol. The molecule has 2 aromatic carbocycles. The zero-order chi connectivity index (χ0) is 25.8. The van der Waals surface area contributed by atoms with E-state index in [9.17, 15) is 0 Å². The second-order valence-corrected chi connectivity index (χ2v) is 9.60. The largest absolute Gasteiger partial charge is 0.489 e. The van der Waals surface area contributed by atoms with Crippen molar-refractivity contribution in [3.05, 3.63) is 111 Å². The molecule has 1 aliphatic rings. The summed E-state index contributed by atoms with van der Waals surface area (Å²) in [5.41, 5.74) is 7.37. The van der Waals surface area contributed by atoms with Gasteiger partial charge in [0.1, 0.15) is 23.8 Å². The minimum Gasteiger partial charge on any atom is -0.489 e. The van der Waals surface area contributed by atoms with Gasteiger partial charge in [0.25, 0.3) is 0 Å². The number of halogens is 2. The van der Waals surface area contributed by atoms with Gasteiger partial charge in [-0.1, -0.05) is 79.1 Å². The summed E-state index contributed by atoms with van der Waals surface area (Å²) in [6.45, 7) is 10.3. The van der Waals surface area contributed by atoms with E-state index in [1.807, 2.05) is 57.2 Å². The first kappa shape index (κ1) is 25.7. The molecule has 0 bridgehead atoms. The molecule has 36 heavy (non-hydrogen) atoms. The Morgan fingerprint density at radius 1 is 1.11 bits per heavy atom. The lowest BCUT2D eigenvalue weighted by Gasteiger charge is -2.15. The van der Waals surface area contributed by atoms with Crippen LogP contribution in [0.1, 0.15) is 43.6 Å². The summed E-state index contributed by atoms with van der Waals surface area (Å²) in [6, 6.07) is 13.4. The molecule has 184 valence electrons. The standard InChI is InChI=1S/C30H28Cl2N2O2/c1-6-19(4)23-16-21(12-15-27(23)33-5)20-10-13-22(14-11-20)35-17-24-29(34-36-30(24)18(2)3)28-25(31)8-7-9-26(28)32/h6-16,18H,1,17H2,2-5H3/b23-19-,33-27?. The third-order valence-electron chi connectivity index (χ3n) is 6.08. The van der Waals surface area contributed by atoms with Gasteiger partial charge in [0, 0.05) is 24.1 Å². The number of allylic oxidation sites excluding steroid dienone is 7. The van der Waals surface area contributed by atoms with E-state index >= 15 is 0 Å². The van der Waals surface area contributed by atoms with Crippen LogP contribution in [0.4, 0.5) is 0 Å². The zero-order valence-electron chi connectivity index (χ0n) is 20.8. The Kier molecular flexibility index (Phi) is 7.97. The van der Waals surface area contributed by atoms with Crippen molar-refractivity contribution in [2.24, 2.45) is 4.99 Å². The van der Waals surface area contributed by atoms with Gasteiger partial charge < -0.3 is 9.26 Å². The molecule has 3 aromatic rings. The fourth-order valence-electron chi connectivity index (χ4n) is 4.07. The molecule has 1 aliphatic carbocycles. The smallest absolute Gasteiger partial charge is 0.146 e. The van der Waals surface area contributed by atoms with Gasteiger partial charge in [-0.15, -0.1) is 0 Å². The van der Waals surface area contributed by atoms with Crippen LogP contribution in [0, 0.1) is 0 Å². The van der Waals surface area contributed by atoms with Crippen LogP contribution in [-0.2, 0) is 6.61 Å². The van der Waals surface area contributed by atoms with Crippen molar-refractivity contribution in [3.8, 4) is 17.0 Å². The predicted octanol–water partition coefficient (Wildman–Crippen LogP) is 8.88. The molecule has 0 radical (unpaired) electrons. The number of nitrogens with zero attached hydrogens (tertiary/aromatic N) is 2. The number of rotatable bonds is 7. The molecular weight excluding hydrogens is 491 g/mol. The van der Waals surface area contributed by atoms with Gasteiger partial charge in [-0.2, -0.15) is 0 Å². The first-order valence-electron chi connectivity index (χ1n) is 11.7. The van der Waals surface area contributed by atoms with Crippen LogP contribution in [-0.4, -0.2) is 17.9 Å². The number of aliphatic imine (C=N–C) groups is 1. The highest BCUT2D eigenvalue weighted by Gasteiger charge is 2.24. The van der Waals surface area contributed by atoms with E-state index < -0.39 is 0 Å². The lowest BCUT2D eigenvalue weighted by atomic mass is 9.92. The Morgan fingerprint density at radius 3 is 2.42 bits per heavy atom. The average Bonchev–Trinajstić information content (AvgIpc) is 3.30. The Balaban J connectivity index is 1.59. The molecule has 6 heteroatoms. The summed E-state index contributed by atoms with van der Waals surface area (Å²) in [6.07, 6.45) is 8.10. The van der Waals surface area contributed by atoms with Crippen molar-refractivity contribution < 1.29 is 9.26 Å². The molecule has 0 atom stereocenters. The summed E-state index contributed by atoms with van der Waals surface area (Å²) in [5, 5.41) is 5.33. The molecule has 1 aromatic heterocycles. The van der Waals surface area contributed by atoms with Gasteiger partial charge in [0.05, 0.1) is 21.3 Å². The van der Waals surface area contributed by atoms with Crippen LogP contribution in [0.5, 0.6) is 5.75 Å². The maximum Gasteiger partial charge on any atom is 0.146 e. The minimum atomic E-state index is 0.122. The maximum absolute atomic E-state index is 6.46. The van der Waals surface area contributed by atoms with Crippen molar-refractivity contribution in [2.75, 3.05) is 7.05 Å². The van der Waals surface area contributed by atoms with E-state index in [4.69, 9.17) is 32.5 Å². The molecule has 0 fully saturated rings. The quantitative estimate of drug-likeness (QED) is 0.313. The lowest BCUT2D eigenvalue weighted by Crippen LogP contribution is -2.04. The summed E-state index contributed by atoms with van der Waals surface area (Å²) in [5.74, 6) is 1.61. The molecule has 0 spiro atoms. The average molecular weight is 519 g/mol. The van der Waals surface area contributed by atoms with Crippen LogP contribution in [0.25, 0.3) is 16.8 Å². The second-order valence-electron chi connectivity index (χ2n) is 8.78. The van der Waals surface area contributed by atoms with E-state index in [0.717, 1.165) is 45.1 Å². The Bertz CT molecular complexity index is 1390. The van der Waals surface area contributed by atoms with E-state index in [1.165, 1.54) is 0 Å². The number of hydrogen-bond donors (Lipinski definition) is 0. The van der Waals surface area contributed by atoms with Crippen molar-refractivity contribution in [2.45, 2.75) is 33.3 Å². The summed E-state index contributed by atoms with van der Waals surface area (Å²) in [4.78, 5) is 4.38. The van der Waals surface area contributed by atoms with Crippen LogP contribution in [0.2, 0.25) is 10.0 Å². The molecule has 0 unspecified atom stereocenters. The van der Waals surface area contributed by atoms with E-state index in [-0.39, 0.29) is 12.5 Å². The van der Waals surface area contributed by atoms with Crippen LogP contribution < -0.4 is 4.74 Å². The zero-order valence-corrected chi connectivity index (χ0v) is 22.3. The van der Waals surface area contributed by atoms with Gasteiger partial charge in [0.15, 0.2) is 0 Å². The second kappa shape index (κ2) is 11.2. The topological polar surface area (TPSA) is 47.6 Å². The van der Waals surface area contributed by atoms with Crippen molar-refractivity contribution in [1.82, 2.24) is 5.16 Å². The molecule has 0 saturated heterocycles.